The highest BCUT2D eigenvalue weighted by atomic mass is 32.1. The van der Waals surface area contributed by atoms with Gasteiger partial charge in [-0.2, -0.15) is 5.10 Å². The zero-order chi connectivity index (χ0) is 16.7. The molecule has 118 valence electrons. The van der Waals surface area contributed by atoms with Gasteiger partial charge in [-0.1, -0.05) is 24.3 Å². The summed E-state index contributed by atoms with van der Waals surface area (Å²) in [4.78, 5) is 10.4. The molecule has 23 heavy (non-hydrogen) atoms. The minimum atomic E-state index is -0.466. The quantitative estimate of drug-likeness (QED) is 0.379. The first-order valence-electron chi connectivity index (χ1n) is 6.58. The van der Waals surface area contributed by atoms with Crippen molar-refractivity contribution in [1.29, 1.82) is 0 Å². The average Bonchev–Trinajstić information content (AvgIpc) is 2.55. The summed E-state index contributed by atoms with van der Waals surface area (Å²) in [6.45, 7) is 0. The smallest absolute Gasteiger partial charge is 0.278 e. The van der Waals surface area contributed by atoms with E-state index in [4.69, 9.17) is 17.0 Å². The van der Waals surface area contributed by atoms with Crippen molar-refractivity contribution < 1.29 is 9.66 Å². The molecule has 7 nitrogen and oxygen atoms in total. The first-order chi connectivity index (χ1) is 11.1. The van der Waals surface area contributed by atoms with Crippen molar-refractivity contribution in [3.8, 4) is 5.75 Å². The standard InChI is InChI=1S/C15H14N4O3S/c1-22-14-9-5-3-7-12(14)17-15(23)18-16-10-11-6-2-4-8-13(11)19(20)21/h2-10H,1H3,(H2,17,18,23)/b16-10+. The Kier molecular flexibility index (Phi) is 5.59. The molecule has 0 bridgehead atoms. The van der Waals surface area contributed by atoms with E-state index < -0.39 is 4.92 Å². The van der Waals surface area contributed by atoms with Crippen molar-refractivity contribution in [1.82, 2.24) is 5.43 Å². The molecule has 0 heterocycles. The van der Waals surface area contributed by atoms with E-state index >= 15 is 0 Å². The predicted molar refractivity (Wildman–Crippen MR) is 93.0 cm³/mol. The first-order valence-corrected chi connectivity index (χ1v) is 6.99. The number of rotatable bonds is 5. The Bertz CT molecular complexity index is 749. The highest BCUT2D eigenvalue weighted by Gasteiger charge is 2.10. The van der Waals surface area contributed by atoms with E-state index in [9.17, 15) is 10.1 Å². The maximum atomic E-state index is 10.9. The second-order valence-corrected chi connectivity index (χ2v) is 4.75. The number of thiocarbonyl (C=S) groups is 1. The lowest BCUT2D eigenvalue weighted by molar-refractivity contribution is -0.385. The number of para-hydroxylation sites is 3. The summed E-state index contributed by atoms with van der Waals surface area (Å²) in [5, 5.41) is 18.0. The van der Waals surface area contributed by atoms with Gasteiger partial charge in [0.25, 0.3) is 5.69 Å². The number of hydrazone groups is 1. The molecule has 0 aliphatic rings. The van der Waals surface area contributed by atoms with Crippen LogP contribution in [0.25, 0.3) is 0 Å². The lowest BCUT2D eigenvalue weighted by Crippen LogP contribution is -2.24. The van der Waals surface area contributed by atoms with E-state index in [-0.39, 0.29) is 10.8 Å². The predicted octanol–water partition coefficient (Wildman–Crippen LogP) is 2.92. The van der Waals surface area contributed by atoms with Gasteiger partial charge in [0.1, 0.15) is 5.75 Å². The molecule has 2 aromatic rings. The van der Waals surface area contributed by atoms with Gasteiger partial charge in [0.15, 0.2) is 5.11 Å². The molecule has 0 aromatic heterocycles. The number of nitro groups is 1. The summed E-state index contributed by atoms with van der Waals surface area (Å²) in [6.07, 6.45) is 1.34. The van der Waals surface area contributed by atoms with Crippen molar-refractivity contribution in [2.45, 2.75) is 0 Å². The van der Waals surface area contributed by atoms with Crippen LogP contribution in [-0.2, 0) is 0 Å². The van der Waals surface area contributed by atoms with Gasteiger partial charge in [-0.15, -0.1) is 0 Å². The summed E-state index contributed by atoms with van der Waals surface area (Å²) in [5.41, 5.74) is 3.65. The minimum Gasteiger partial charge on any atom is -0.495 e. The molecule has 0 unspecified atom stereocenters. The number of nitrogens with one attached hydrogen (secondary N) is 2. The molecule has 8 heteroatoms. The molecular weight excluding hydrogens is 316 g/mol. The Hall–Kier alpha value is -3.00. The molecule has 0 atom stereocenters. The molecule has 0 saturated heterocycles. The van der Waals surface area contributed by atoms with E-state index in [2.05, 4.69) is 15.8 Å². The van der Waals surface area contributed by atoms with Crippen LogP contribution in [0, 0.1) is 10.1 Å². The highest BCUT2D eigenvalue weighted by molar-refractivity contribution is 7.80. The molecule has 0 amide bonds. The van der Waals surface area contributed by atoms with Crippen molar-refractivity contribution in [2.75, 3.05) is 12.4 Å². The molecule has 0 radical (unpaired) electrons. The van der Waals surface area contributed by atoms with Gasteiger partial charge in [-0.25, -0.2) is 0 Å². The Morgan fingerprint density at radius 3 is 2.70 bits per heavy atom. The molecule has 0 spiro atoms. The first kappa shape index (κ1) is 16.4. The zero-order valence-corrected chi connectivity index (χ0v) is 13.0. The SMILES string of the molecule is COc1ccccc1NC(=S)N/N=C/c1ccccc1[N+](=O)[O-]. The van der Waals surface area contributed by atoms with E-state index in [1.54, 1.807) is 37.4 Å². The van der Waals surface area contributed by atoms with E-state index in [0.29, 0.717) is 17.0 Å². The summed E-state index contributed by atoms with van der Waals surface area (Å²) >= 11 is 5.12. The number of nitro benzene ring substituents is 1. The molecule has 0 saturated carbocycles. The molecule has 0 fully saturated rings. The molecule has 0 aliphatic heterocycles. The van der Waals surface area contributed by atoms with Crippen LogP contribution in [0.5, 0.6) is 5.75 Å². The van der Waals surface area contributed by atoms with E-state index in [1.165, 1.54) is 12.3 Å². The number of methoxy groups -OCH3 is 1. The van der Waals surface area contributed by atoms with Crippen molar-refractivity contribution in [2.24, 2.45) is 5.10 Å². The van der Waals surface area contributed by atoms with Crippen LogP contribution in [0.1, 0.15) is 5.56 Å². The van der Waals surface area contributed by atoms with Crippen LogP contribution < -0.4 is 15.5 Å². The van der Waals surface area contributed by atoms with Crippen molar-refractivity contribution in [3.63, 3.8) is 0 Å². The topological polar surface area (TPSA) is 88.8 Å². The summed E-state index contributed by atoms with van der Waals surface area (Å²) in [6, 6.07) is 13.6. The zero-order valence-electron chi connectivity index (χ0n) is 12.2. The maximum absolute atomic E-state index is 10.9. The lowest BCUT2D eigenvalue weighted by atomic mass is 10.2. The van der Waals surface area contributed by atoms with Gasteiger partial charge in [-0.05, 0) is 30.4 Å². The van der Waals surface area contributed by atoms with Crippen molar-refractivity contribution in [3.05, 3.63) is 64.2 Å². The fourth-order valence-corrected chi connectivity index (χ4v) is 1.98. The third kappa shape index (κ3) is 4.48. The normalized spacial score (nSPS) is 10.3. The minimum absolute atomic E-state index is 0.0262. The number of hydrogen-bond donors (Lipinski definition) is 2. The number of ether oxygens (including phenoxy) is 1. The third-order valence-electron chi connectivity index (χ3n) is 2.86. The van der Waals surface area contributed by atoms with Gasteiger partial charge >= 0.3 is 0 Å². The largest absolute Gasteiger partial charge is 0.495 e. The molecular formula is C15H14N4O3S. The molecule has 0 aliphatic carbocycles. The molecule has 2 N–H and O–H groups in total. The highest BCUT2D eigenvalue weighted by Crippen LogP contribution is 2.22. The Balaban J connectivity index is 2.01. The van der Waals surface area contributed by atoms with Crippen LogP contribution >= 0.6 is 12.2 Å². The Labute approximate surface area is 138 Å². The summed E-state index contributed by atoms with van der Waals surface area (Å²) in [7, 11) is 1.56. The van der Waals surface area contributed by atoms with Gasteiger partial charge in [0, 0.05) is 6.07 Å². The monoisotopic (exact) mass is 330 g/mol. The third-order valence-corrected chi connectivity index (χ3v) is 3.05. The average molecular weight is 330 g/mol. The molecule has 2 aromatic carbocycles. The van der Waals surface area contributed by atoms with Crippen LogP contribution in [0.2, 0.25) is 0 Å². The fourth-order valence-electron chi connectivity index (χ4n) is 1.82. The summed E-state index contributed by atoms with van der Waals surface area (Å²) < 4.78 is 5.20. The second-order valence-electron chi connectivity index (χ2n) is 4.34. The van der Waals surface area contributed by atoms with Gasteiger partial charge in [0.05, 0.1) is 29.5 Å². The summed E-state index contributed by atoms with van der Waals surface area (Å²) in [5.74, 6) is 0.638. The number of nitrogens with zero attached hydrogens (tertiary/aromatic N) is 2. The Morgan fingerprint density at radius 2 is 1.96 bits per heavy atom. The van der Waals surface area contributed by atoms with Gasteiger partial charge < -0.3 is 10.1 Å². The van der Waals surface area contributed by atoms with E-state index in [0.717, 1.165) is 0 Å². The fraction of sp³-hybridized carbons (Fsp3) is 0.0667. The van der Waals surface area contributed by atoms with Gasteiger partial charge in [-0.3, -0.25) is 15.5 Å². The second kappa shape index (κ2) is 7.85. The van der Waals surface area contributed by atoms with Crippen LogP contribution in [0.3, 0.4) is 0 Å². The maximum Gasteiger partial charge on any atom is 0.278 e. The van der Waals surface area contributed by atoms with Crippen molar-refractivity contribution >= 4 is 34.9 Å². The Morgan fingerprint density at radius 1 is 1.26 bits per heavy atom. The van der Waals surface area contributed by atoms with Crippen LogP contribution in [-0.4, -0.2) is 23.4 Å². The number of hydrogen-bond acceptors (Lipinski definition) is 5. The van der Waals surface area contributed by atoms with E-state index in [1.807, 2.05) is 12.1 Å². The van der Waals surface area contributed by atoms with Gasteiger partial charge in [0.2, 0.25) is 0 Å². The number of anilines is 1. The lowest BCUT2D eigenvalue weighted by Gasteiger charge is -2.10. The molecule has 2 rings (SSSR count). The number of benzene rings is 2. The van der Waals surface area contributed by atoms with Crippen LogP contribution in [0.15, 0.2) is 53.6 Å². The van der Waals surface area contributed by atoms with Crippen LogP contribution in [0.4, 0.5) is 11.4 Å².